The Morgan fingerprint density at radius 1 is 1.30 bits per heavy atom. The van der Waals surface area contributed by atoms with Gasteiger partial charge in [0, 0.05) is 27.8 Å². The number of nitrogens with one attached hydrogen (secondary N) is 1. The van der Waals surface area contributed by atoms with Crippen LogP contribution in [0.5, 0.6) is 5.75 Å². The minimum Gasteiger partial charge on any atom is -0.487 e. The predicted molar refractivity (Wildman–Crippen MR) is 81.2 cm³/mol. The lowest BCUT2D eigenvalue weighted by molar-refractivity contribution is 0.00393. The zero-order valence-electron chi connectivity index (χ0n) is 11.9. The fraction of sp³-hybridized carbons (Fsp3) is 0.375. The van der Waals surface area contributed by atoms with Crippen molar-refractivity contribution >= 4 is 22.4 Å². The van der Waals surface area contributed by atoms with Gasteiger partial charge in [-0.05, 0) is 19.9 Å². The Hall–Kier alpha value is -1.29. The lowest BCUT2D eigenvalue weighted by Crippen LogP contribution is -2.39. The van der Waals surface area contributed by atoms with Gasteiger partial charge in [-0.1, -0.05) is 35.9 Å². The molecule has 0 fully saturated rings. The Morgan fingerprint density at radius 3 is 2.70 bits per heavy atom. The molecule has 3 nitrogen and oxygen atoms in total. The zero-order valence-corrected chi connectivity index (χ0v) is 12.6. The van der Waals surface area contributed by atoms with Crippen LogP contribution in [0, 0.1) is 0 Å². The van der Waals surface area contributed by atoms with Gasteiger partial charge in [-0.25, -0.2) is 0 Å². The molecule has 1 heterocycles. The average Bonchev–Trinajstić information content (AvgIpc) is 2.40. The summed E-state index contributed by atoms with van der Waals surface area (Å²) in [5.74, 6) is 0.899. The first kappa shape index (κ1) is 13.7. The standard InChI is InChI=1S/C16H18ClNO2/c1-16(2)9-14(18-19-3)12-8-13(17)10-6-4-5-7-11(10)15(12)20-16/h4-8,14,18H,9H2,1-3H3. The third kappa shape index (κ3) is 2.26. The van der Waals surface area contributed by atoms with E-state index in [1.807, 2.05) is 30.3 Å². The van der Waals surface area contributed by atoms with Gasteiger partial charge in [0.05, 0.1) is 13.2 Å². The summed E-state index contributed by atoms with van der Waals surface area (Å²) >= 11 is 6.41. The molecule has 20 heavy (non-hydrogen) atoms. The molecule has 3 rings (SSSR count). The van der Waals surface area contributed by atoms with E-state index in [0.717, 1.165) is 33.5 Å². The van der Waals surface area contributed by atoms with Crippen molar-refractivity contribution in [2.75, 3.05) is 7.11 Å². The molecule has 2 aromatic carbocycles. The lowest BCUT2D eigenvalue weighted by Gasteiger charge is -2.38. The van der Waals surface area contributed by atoms with Crippen LogP contribution in [-0.4, -0.2) is 12.7 Å². The van der Waals surface area contributed by atoms with Gasteiger partial charge < -0.3 is 9.57 Å². The first-order valence-corrected chi connectivity index (χ1v) is 7.08. The fourth-order valence-electron chi connectivity index (χ4n) is 2.86. The molecule has 1 aliphatic heterocycles. The van der Waals surface area contributed by atoms with Crippen LogP contribution in [0.3, 0.4) is 0 Å². The summed E-state index contributed by atoms with van der Waals surface area (Å²) in [6, 6.07) is 10.1. The van der Waals surface area contributed by atoms with Gasteiger partial charge in [0.15, 0.2) is 0 Å². The topological polar surface area (TPSA) is 30.5 Å². The highest BCUT2D eigenvalue weighted by Gasteiger charge is 2.35. The first-order chi connectivity index (χ1) is 9.52. The van der Waals surface area contributed by atoms with E-state index >= 15 is 0 Å². The maximum atomic E-state index is 6.41. The number of hydrogen-bond acceptors (Lipinski definition) is 3. The Labute approximate surface area is 123 Å². The van der Waals surface area contributed by atoms with E-state index in [-0.39, 0.29) is 11.6 Å². The minimum absolute atomic E-state index is 0.0702. The monoisotopic (exact) mass is 291 g/mol. The fourth-order valence-corrected chi connectivity index (χ4v) is 3.15. The number of hydroxylamine groups is 1. The van der Waals surface area contributed by atoms with Crippen LogP contribution in [0.4, 0.5) is 0 Å². The van der Waals surface area contributed by atoms with E-state index in [4.69, 9.17) is 21.2 Å². The molecule has 106 valence electrons. The lowest BCUT2D eigenvalue weighted by atomic mass is 9.88. The summed E-state index contributed by atoms with van der Waals surface area (Å²) in [7, 11) is 1.63. The van der Waals surface area contributed by atoms with Gasteiger partial charge in [-0.2, -0.15) is 5.48 Å². The number of benzene rings is 2. The van der Waals surface area contributed by atoms with Crippen LogP contribution in [0.1, 0.15) is 31.9 Å². The molecular weight excluding hydrogens is 274 g/mol. The Balaban J connectivity index is 2.25. The predicted octanol–water partition coefficient (Wildman–Crippen LogP) is 4.25. The number of hydrogen-bond donors (Lipinski definition) is 1. The molecule has 1 aliphatic rings. The second kappa shape index (κ2) is 4.92. The quantitative estimate of drug-likeness (QED) is 0.839. The molecule has 2 aromatic rings. The summed E-state index contributed by atoms with van der Waals surface area (Å²) in [5, 5.41) is 2.80. The van der Waals surface area contributed by atoms with Crippen molar-refractivity contribution in [1.29, 1.82) is 0 Å². The van der Waals surface area contributed by atoms with E-state index in [1.165, 1.54) is 0 Å². The maximum absolute atomic E-state index is 6.41. The molecule has 1 atom stereocenters. The van der Waals surface area contributed by atoms with Crippen molar-refractivity contribution in [1.82, 2.24) is 5.48 Å². The molecule has 4 heteroatoms. The number of ether oxygens (including phenoxy) is 1. The number of halogens is 1. The molecule has 0 aliphatic carbocycles. The molecule has 1 N–H and O–H groups in total. The summed E-state index contributed by atoms with van der Waals surface area (Å²) in [6.07, 6.45) is 0.822. The van der Waals surface area contributed by atoms with E-state index in [1.54, 1.807) is 7.11 Å². The van der Waals surface area contributed by atoms with Gasteiger partial charge in [0.2, 0.25) is 0 Å². The smallest absolute Gasteiger partial charge is 0.132 e. The van der Waals surface area contributed by atoms with Crippen LogP contribution in [-0.2, 0) is 4.84 Å². The Morgan fingerprint density at radius 2 is 2.00 bits per heavy atom. The first-order valence-electron chi connectivity index (χ1n) is 6.70. The van der Waals surface area contributed by atoms with Crippen LogP contribution in [0.2, 0.25) is 5.02 Å². The van der Waals surface area contributed by atoms with Gasteiger partial charge in [-0.3, -0.25) is 0 Å². The molecule has 0 saturated carbocycles. The average molecular weight is 292 g/mol. The zero-order chi connectivity index (χ0) is 14.3. The summed E-state index contributed by atoms with van der Waals surface area (Å²) in [6.45, 7) is 4.17. The normalized spacial score (nSPS) is 20.5. The highest BCUT2D eigenvalue weighted by atomic mass is 35.5. The Bertz CT molecular complexity index is 654. The minimum atomic E-state index is -0.250. The van der Waals surface area contributed by atoms with E-state index < -0.39 is 0 Å². The SMILES string of the molecule is CONC1CC(C)(C)Oc2c1cc(Cl)c1ccccc21. The van der Waals surface area contributed by atoms with Gasteiger partial charge in [0.25, 0.3) is 0 Å². The molecule has 0 spiro atoms. The van der Waals surface area contributed by atoms with E-state index in [9.17, 15) is 0 Å². The van der Waals surface area contributed by atoms with E-state index in [0.29, 0.717) is 0 Å². The van der Waals surface area contributed by atoms with Crippen LogP contribution in [0.15, 0.2) is 30.3 Å². The van der Waals surface area contributed by atoms with E-state index in [2.05, 4.69) is 19.3 Å². The van der Waals surface area contributed by atoms with Crippen molar-refractivity contribution < 1.29 is 9.57 Å². The van der Waals surface area contributed by atoms with Gasteiger partial charge in [-0.15, -0.1) is 0 Å². The molecule has 1 unspecified atom stereocenters. The molecule has 0 radical (unpaired) electrons. The molecule has 0 amide bonds. The van der Waals surface area contributed by atoms with Gasteiger partial charge >= 0.3 is 0 Å². The largest absolute Gasteiger partial charge is 0.487 e. The second-order valence-electron chi connectivity index (χ2n) is 5.76. The van der Waals surface area contributed by atoms with Crippen molar-refractivity contribution in [3.8, 4) is 5.75 Å². The van der Waals surface area contributed by atoms with Crippen LogP contribution in [0.25, 0.3) is 10.8 Å². The van der Waals surface area contributed by atoms with Crippen LogP contribution >= 0.6 is 11.6 Å². The third-order valence-electron chi connectivity index (χ3n) is 3.68. The molecular formula is C16H18ClNO2. The summed E-state index contributed by atoms with van der Waals surface area (Å²) < 4.78 is 6.21. The van der Waals surface area contributed by atoms with Crippen molar-refractivity contribution in [3.05, 3.63) is 40.9 Å². The second-order valence-corrected chi connectivity index (χ2v) is 6.17. The summed E-state index contributed by atoms with van der Waals surface area (Å²) in [5.41, 5.74) is 3.85. The molecule has 0 aromatic heterocycles. The molecule has 0 saturated heterocycles. The Kier molecular flexibility index (Phi) is 3.36. The third-order valence-corrected chi connectivity index (χ3v) is 4.00. The highest BCUT2D eigenvalue weighted by Crippen LogP contribution is 2.45. The maximum Gasteiger partial charge on any atom is 0.132 e. The van der Waals surface area contributed by atoms with Gasteiger partial charge in [0.1, 0.15) is 11.4 Å². The highest BCUT2D eigenvalue weighted by molar-refractivity contribution is 6.36. The van der Waals surface area contributed by atoms with Crippen LogP contribution < -0.4 is 10.2 Å². The number of fused-ring (bicyclic) bond motifs is 3. The van der Waals surface area contributed by atoms with Crippen molar-refractivity contribution in [2.45, 2.75) is 31.9 Å². The molecule has 0 bridgehead atoms. The number of rotatable bonds is 2. The van der Waals surface area contributed by atoms with Crippen molar-refractivity contribution in [2.24, 2.45) is 0 Å². The van der Waals surface area contributed by atoms with Crippen molar-refractivity contribution in [3.63, 3.8) is 0 Å². The summed E-state index contributed by atoms with van der Waals surface area (Å²) in [4.78, 5) is 5.13.